The van der Waals surface area contributed by atoms with E-state index in [4.69, 9.17) is 0 Å². The molecular formula is C18H16N2. The Kier molecular flexibility index (Phi) is 2.49. The summed E-state index contributed by atoms with van der Waals surface area (Å²) in [5.41, 5.74) is 6.28. The van der Waals surface area contributed by atoms with Crippen molar-refractivity contribution in [2.24, 2.45) is 0 Å². The molecule has 4 rings (SSSR count). The van der Waals surface area contributed by atoms with Gasteiger partial charge >= 0.3 is 0 Å². The lowest BCUT2D eigenvalue weighted by Crippen LogP contribution is -2.13. The van der Waals surface area contributed by atoms with Gasteiger partial charge in [-0.2, -0.15) is 0 Å². The Bertz CT molecular complexity index is 756. The predicted octanol–water partition coefficient (Wildman–Crippen LogP) is 4.33. The number of rotatable bonds is 1. The van der Waals surface area contributed by atoms with Gasteiger partial charge in [0.1, 0.15) is 0 Å². The summed E-state index contributed by atoms with van der Waals surface area (Å²) >= 11 is 0. The second-order valence-corrected chi connectivity index (χ2v) is 5.45. The van der Waals surface area contributed by atoms with Gasteiger partial charge in [0.05, 0.1) is 17.7 Å². The van der Waals surface area contributed by atoms with Crippen LogP contribution in [0.4, 0.5) is 0 Å². The zero-order chi connectivity index (χ0) is 13.5. The van der Waals surface area contributed by atoms with Crippen LogP contribution in [0.2, 0.25) is 0 Å². The molecule has 2 heteroatoms. The molecule has 0 aliphatic carbocycles. The van der Waals surface area contributed by atoms with Gasteiger partial charge in [0.2, 0.25) is 0 Å². The molecule has 0 radical (unpaired) electrons. The minimum Gasteiger partial charge on any atom is -0.329 e. The topological polar surface area (TPSA) is 17.8 Å². The van der Waals surface area contributed by atoms with Gasteiger partial charge in [-0.25, -0.2) is 4.98 Å². The molecule has 0 N–H and O–H groups in total. The van der Waals surface area contributed by atoms with E-state index in [9.17, 15) is 0 Å². The average molecular weight is 260 g/mol. The normalized spacial score (nSPS) is 16.6. The molecule has 0 bridgehead atoms. The first-order valence-electron chi connectivity index (χ1n) is 7.04. The fourth-order valence-electron chi connectivity index (χ4n) is 3.15. The maximum Gasteiger partial charge on any atom is 0.0963 e. The molecule has 1 aliphatic heterocycles. The molecule has 98 valence electrons. The Morgan fingerprint density at radius 1 is 1.00 bits per heavy atom. The summed E-state index contributed by atoms with van der Waals surface area (Å²) in [5.74, 6) is 0.538. The zero-order valence-corrected chi connectivity index (χ0v) is 11.5. The lowest BCUT2D eigenvalue weighted by molar-refractivity contribution is 0.586. The third kappa shape index (κ3) is 1.61. The number of benzene rings is 2. The highest BCUT2D eigenvalue weighted by Crippen LogP contribution is 2.40. The van der Waals surface area contributed by atoms with Crippen LogP contribution >= 0.6 is 0 Å². The SMILES string of the molecule is CC1Cn2cnc(-c3ccccc3)c2-c2ccccc21. The molecule has 1 atom stereocenters. The van der Waals surface area contributed by atoms with Crippen LogP contribution < -0.4 is 0 Å². The van der Waals surface area contributed by atoms with Crippen LogP contribution in [0, 0.1) is 0 Å². The van der Waals surface area contributed by atoms with Crippen LogP contribution in [0.3, 0.4) is 0 Å². The predicted molar refractivity (Wildman–Crippen MR) is 81.5 cm³/mol. The summed E-state index contributed by atoms with van der Waals surface area (Å²) < 4.78 is 2.29. The summed E-state index contributed by atoms with van der Waals surface area (Å²) in [6.07, 6.45) is 1.98. The molecule has 3 aromatic rings. The van der Waals surface area contributed by atoms with Crippen molar-refractivity contribution in [2.75, 3.05) is 0 Å². The van der Waals surface area contributed by atoms with Gasteiger partial charge in [0.15, 0.2) is 0 Å². The highest BCUT2D eigenvalue weighted by Gasteiger charge is 2.24. The number of hydrogen-bond donors (Lipinski definition) is 0. The van der Waals surface area contributed by atoms with E-state index in [0.717, 1.165) is 12.2 Å². The van der Waals surface area contributed by atoms with E-state index in [1.165, 1.54) is 22.4 Å². The summed E-state index contributed by atoms with van der Waals surface area (Å²) in [5, 5.41) is 0. The maximum absolute atomic E-state index is 4.66. The smallest absolute Gasteiger partial charge is 0.0963 e. The fraction of sp³-hybridized carbons (Fsp3) is 0.167. The molecule has 0 amide bonds. The van der Waals surface area contributed by atoms with Crippen LogP contribution in [0.1, 0.15) is 18.4 Å². The molecule has 1 unspecified atom stereocenters. The minimum absolute atomic E-state index is 0.538. The molecule has 0 saturated carbocycles. The number of fused-ring (bicyclic) bond motifs is 3. The van der Waals surface area contributed by atoms with E-state index in [1.807, 2.05) is 12.4 Å². The van der Waals surface area contributed by atoms with E-state index in [-0.39, 0.29) is 0 Å². The third-order valence-electron chi connectivity index (χ3n) is 4.10. The van der Waals surface area contributed by atoms with Crippen LogP contribution in [-0.2, 0) is 6.54 Å². The molecule has 0 spiro atoms. The molecule has 2 aromatic carbocycles. The molecule has 2 nitrogen and oxygen atoms in total. The summed E-state index contributed by atoms with van der Waals surface area (Å²) in [6, 6.07) is 19.1. The molecular weight excluding hydrogens is 244 g/mol. The van der Waals surface area contributed by atoms with Gasteiger partial charge in [0, 0.05) is 17.7 Å². The van der Waals surface area contributed by atoms with Crippen molar-refractivity contribution in [1.82, 2.24) is 9.55 Å². The van der Waals surface area contributed by atoms with Crippen molar-refractivity contribution in [2.45, 2.75) is 19.4 Å². The van der Waals surface area contributed by atoms with E-state index in [0.29, 0.717) is 5.92 Å². The third-order valence-corrected chi connectivity index (χ3v) is 4.10. The highest BCUT2D eigenvalue weighted by molar-refractivity contribution is 5.81. The molecule has 0 saturated heterocycles. The number of hydrogen-bond acceptors (Lipinski definition) is 1. The van der Waals surface area contributed by atoms with Gasteiger partial charge < -0.3 is 4.57 Å². The Labute approximate surface area is 118 Å². The van der Waals surface area contributed by atoms with E-state index >= 15 is 0 Å². The van der Waals surface area contributed by atoms with Crippen LogP contribution in [0.15, 0.2) is 60.9 Å². The molecule has 2 heterocycles. The maximum atomic E-state index is 4.66. The molecule has 1 aromatic heterocycles. The Morgan fingerprint density at radius 3 is 2.60 bits per heavy atom. The standard InChI is InChI=1S/C18H16N2/c1-13-11-20-12-19-17(14-7-3-2-4-8-14)18(20)16-10-6-5-9-15(13)16/h2-10,12-13H,11H2,1H3. The van der Waals surface area contributed by atoms with Gasteiger partial charge in [0.25, 0.3) is 0 Å². The van der Waals surface area contributed by atoms with Crippen molar-refractivity contribution in [1.29, 1.82) is 0 Å². The number of nitrogens with zero attached hydrogens (tertiary/aromatic N) is 2. The Hall–Kier alpha value is -2.35. The van der Waals surface area contributed by atoms with E-state index < -0.39 is 0 Å². The summed E-state index contributed by atoms with van der Waals surface area (Å²) in [6.45, 7) is 3.29. The second-order valence-electron chi connectivity index (χ2n) is 5.45. The summed E-state index contributed by atoms with van der Waals surface area (Å²) in [4.78, 5) is 4.66. The van der Waals surface area contributed by atoms with Crippen molar-refractivity contribution < 1.29 is 0 Å². The number of aromatic nitrogens is 2. The Balaban J connectivity index is 1.98. The molecule has 1 aliphatic rings. The first kappa shape index (κ1) is 11.5. The molecule has 0 fully saturated rings. The van der Waals surface area contributed by atoms with Crippen LogP contribution in [-0.4, -0.2) is 9.55 Å². The highest BCUT2D eigenvalue weighted by atomic mass is 15.1. The van der Waals surface area contributed by atoms with Gasteiger partial charge in [-0.05, 0) is 11.5 Å². The number of imidazole rings is 1. The quantitative estimate of drug-likeness (QED) is 0.636. The first-order valence-corrected chi connectivity index (χ1v) is 7.04. The minimum atomic E-state index is 0.538. The van der Waals surface area contributed by atoms with Crippen LogP contribution in [0.5, 0.6) is 0 Å². The van der Waals surface area contributed by atoms with Crippen molar-refractivity contribution in [3.63, 3.8) is 0 Å². The fourth-order valence-corrected chi connectivity index (χ4v) is 3.15. The van der Waals surface area contributed by atoms with E-state index in [2.05, 4.69) is 65.0 Å². The first-order chi connectivity index (χ1) is 9.84. The zero-order valence-electron chi connectivity index (χ0n) is 11.5. The average Bonchev–Trinajstić information content (AvgIpc) is 2.92. The van der Waals surface area contributed by atoms with Gasteiger partial charge in [-0.3, -0.25) is 0 Å². The van der Waals surface area contributed by atoms with Crippen molar-refractivity contribution >= 4 is 0 Å². The summed E-state index contributed by atoms with van der Waals surface area (Å²) in [7, 11) is 0. The lowest BCUT2D eigenvalue weighted by atomic mass is 9.89. The second kappa shape index (κ2) is 4.34. The lowest BCUT2D eigenvalue weighted by Gasteiger charge is -2.25. The van der Waals surface area contributed by atoms with Gasteiger partial charge in [-0.15, -0.1) is 0 Å². The monoisotopic (exact) mass is 260 g/mol. The van der Waals surface area contributed by atoms with Crippen molar-refractivity contribution in [3.05, 3.63) is 66.5 Å². The largest absolute Gasteiger partial charge is 0.329 e. The Morgan fingerprint density at radius 2 is 1.75 bits per heavy atom. The van der Waals surface area contributed by atoms with Crippen molar-refractivity contribution in [3.8, 4) is 22.5 Å². The molecule has 20 heavy (non-hydrogen) atoms. The van der Waals surface area contributed by atoms with E-state index in [1.54, 1.807) is 0 Å². The van der Waals surface area contributed by atoms with Crippen LogP contribution in [0.25, 0.3) is 22.5 Å². The van der Waals surface area contributed by atoms with Gasteiger partial charge in [-0.1, -0.05) is 61.5 Å².